The van der Waals surface area contributed by atoms with Crippen molar-refractivity contribution in [3.8, 4) is 0 Å². The number of ether oxygens (including phenoxy) is 1. The minimum atomic E-state index is 0.574. The second kappa shape index (κ2) is 6.63. The fourth-order valence-corrected chi connectivity index (χ4v) is 4.21. The predicted molar refractivity (Wildman–Crippen MR) is 81.0 cm³/mol. The molecule has 0 radical (unpaired) electrons. The highest BCUT2D eigenvalue weighted by molar-refractivity contribution is 8.15. The molecule has 1 aromatic rings. The zero-order valence-electron chi connectivity index (χ0n) is 10.7. The van der Waals surface area contributed by atoms with E-state index in [1.165, 1.54) is 5.17 Å². The average molecular weight is 295 g/mol. The highest BCUT2D eigenvalue weighted by Gasteiger charge is 2.25. The molecule has 1 saturated heterocycles. The maximum Gasteiger partial charge on any atom is 0.159 e. The lowest BCUT2D eigenvalue weighted by atomic mass is 10.4. The van der Waals surface area contributed by atoms with Gasteiger partial charge in [-0.1, -0.05) is 17.8 Å². The van der Waals surface area contributed by atoms with E-state index in [1.807, 2.05) is 41.9 Å². The standard InChI is InChI=1S/C13H17N3OS2/c1-2-4-14-12(3-1)18-10-11-9-15-13(19-11)16-5-7-17-8-6-16/h1-4,11H,5-10H2/t11-/m0/s1. The summed E-state index contributed by atoms with van der Waals surface area (Å²) in [7, 11) is 0. The Morgan fingerprint density at radius 3 is 3.05 bits per heavy atom. The van der Waals surface area contributed by atoms with Gasteiger partial charge in [-0.3, -0.25) is 4.99 Å². The van der Waals surface area contributed by atoms with Gasteiger partial charge in [-0.05, 0) is 12.1 Å². The molecule has 0 unspecified atom stereocenters. The van der Waals surface area contributed by atoms with Crippen LogP contribution in [0.4, 0.5) is 0 Å². The van der Waals surface area contributed by atoms with Crippen molar-refractivity contribution in [2.75, 3.05) is 38.6 Å². The number of morpholine rings is 1. The van der Waals surface area contributed by atoms with Gasteiger partial charge in [-0.15, -0.1) is 11.8 Å². The minimum Gasteiger partial charge on any atom is -0.378 e. The predicted octanol–water partition coefficient (Wildman–Crippen LogP) is 1.98. The lowest BCUT2D eigenvalue weighted by molar-refractivity contribution is 0.0693. The zero-order chi connectivity index (χ0) is 12.9. The Balaban J connectivity index is 1.45. The first-order valence-corrected chi connectivity index (χ1v) is 8.36. The Hall–Kier alpha value is -0.720. The van der Waals surface area contributed by atoms with E-state index in [4.69, 9.17) is 4.74 Å². The van der Waals surface area contributed by atoms with Crippen molar-refractivity contribution in [2.24, 2.45) is 4.99 Å². The molecule has 3 heterocycles. The van der Waals surface area contributed by atoms with Crippen LogP contribution in [0.1, 0.15) is 0 Å². The first-order valence-electron chi connectivity index (χ1n) is 6.49. The highest BCUT2D eigenvalue weighted by Crippen LogP contribution is 2.28. The van der Waals surface area contributed by atoms with Crippen molar-refractivity contribution >= 4 is 28.7 Å². The molecule has 6 heteroatoms. The van der Waals surface area contributed by atoms with Crippen LogP contribution in [-0.2, 0) is 4.74 Å². The van der Waals surface area contributed by atoms with E-state index in [1.54, 1.807) is 0 Å². The van der Waals surface area contributed by atoms with Crippen LogP contribution >= 0.6 is 23.5 Å². The number of pyridine rings is 1. The van der Waals surface area contributed by atoms with Gasteiger partial charge in [0.15, 0.2) is 5.17 Å². The van der Waals surface area contributed by atoms with Gasteiger partial charge in [0.1, 0.15) is 0 Å². The third kappa shape index (κ3) is 3.64. The first-order chi connectivity index (χ1) is 9.42. The van der Waals surface area contributed by atoms with Crippen LogP contribution in [0.15, 0.2) is 34.4 Å². The second-order valence-electron chi connectivity index (χ2n) is 4.44. The summed E-state index contributed by atoms with van der Waals surface area (Å²) in [6.45, 7) is 4.54. The molecule has 1 aromatic heterocycles. The molecule has 1 atom stereocenters. The first kappa shape index (κ1) is 13.3. The van der Waals surface area contributed by atoms with E-state index >= 15 is 0 Å². The summed E-state index contributed by atoms with van der Waals surface area (Å²) in [5.74, 6) is 1.07. The zero-order valence-corrected chi connectivity index (χ0v) is 12.3. The van der Waals surface area contributed by atoms with Crippen LogP contribution in [0.3, 0.4) is 0 Å². The lowest BCUT2D eigenvalue weighted by Gasteiger charge is -2.28. The van der Waals surface area contributed by atoms with Gasteiger partial charge in [0.25, 0.3) is 0 Å². The fraction of sp³-hybridized carbons (Fsp3) is 0.538. The van der Waals surface area contributed by atoms with Crippen molar-refractivity contribution in [1.29, 1.82) is 0 Å². The van der Waals surface area contributed by atoms with Crippen molar-refractivity contribution < 1.29 is 4.74 Å². The molecule has 102 valence electrons. The Morgan fingerprint density at radius 1 is 1.37 bits per heavy atom. The second-order valence-corrected chi connectivity index (χ2v) is 6.75. The molecule has 0 aliphatic carbocycles. The molecule has 3 rings (SSSR count). The van der Waals surface area contributed by atoms with Crippen molar-refractivity contribution in [1.82, 2.24) is 9.88 Å². The van der Waals surface area contributed by atoms with Crippen molar-refractivity contribution in [3.63, 3.8) is 0 Å². The number of aromatic nitrogens is 1. The molecular weight excluding hydrogens is 278 g/mol. The molecule has 2 aliphatic heterocycles. The largest absolute Gasteiger partial charge is 0.378 e. The van der Waals surface area contributed by atoms with E-state index in [-0.39, 0.29) is 0 Å². The maximum absolute atomic E-state index is 5.37. The summed E-state index contributed by atoms with van der Waals surface area (Å²) >= 11 is 3.73. The van der Waals surface area contributed by atoms with Gasteiger partial charge in [0.2, 0.25) is 0 Å². The number of rotatable bonds is 3. The van der Waals surface area contributed by atoms with Crippen LogP contribution in [0.2, 0.25) is 0 Å². The summed E-state index contributed by atoms with van der Waals surface area (Å²) in [6, 6.07) is 6.05. The lowest BCUT2D eigenvalue weighted by Crippen LogP contribution is -2.39. The van der Waals surface area contributed by atoms with Crippen LogP contribution in [-0.4, -0.2) is 58.9 Å². The summed E-state index contributed by atoms with van der Waals surface area (Å²) in [4.78, 5) is 11.4. The molecular formula is C13H17N3OS2. The Morgan fingerprint density at radius 2 is 2.26 bits per heavy atom. The van der Waals surface area contributed by atoms with Crippen LogP contribution < -0.4 is 0 Å². The van der Waals surface area contributed by atoms with Crippen LogP contribution in [0, 0.1) is 0 Å². The number of aliphatic imine (C=N–C) groups is 1. The van der Waals surface area contributed by atoms with Crippen molar-refractivity contribution in [3.05, 3.63) is 24.4 Å². The van der Waals surface area contributed by atoms with Gasteiger partial charge < -0.3 is 9.64 Å². The molecule has 0 N–H and O–H groups in total. The summed E-state index contributed by atoms with van der Waals surface area (Å²) in [5, 5.41) is 2.88. The van der Waals surface area contributed by atoms with Crippen molar-refractivity contribution in [2.45, 2.75) is 10.3 Å². The number of amidine groups is 1. The number of hydrogen-bond donors (Lipinski definition) is 0. The van der Waals surface area contributed by atoms with Crippen LogP contribution in [0.25, 0.3) is 0 Å². The number of hydrogen-bond acceptors (Lipinski definition) is 6. The highest BCUT2D eigenvalue weighted by atomic mass is 32.2. The molecule has 0 spiro atoms. The Kier molecular flexibility index (Phi) is 4.63. The van der Waals surface area contributed by atoms with E-state index in [9.17, 15) is 0 Å². The monoisotopic (exact) mass is 295 g/mol. The van der Waals surface area contributed by atoms with E-state index in [2.05, 4.69) is 20.9 Å². The summed E-state index contributed by atoms with van der Waals surface area (Å²) < 4.78 is 5.37. The number of thioether (sulfide) groups is 2. The van der Waals surface area contributed by atoms with Gasteiger partial charge in [-0.2, -0.15) is 0 Å². The number of nitrogens with zero attached hydrogens (tertiary/aromatic N) is 3. The Labute approximate surface area is 122 Å². The fourth-order valence-electron chi connectivity index (χ4n) is 2.03. The summed E-state index contributed by atoms with van der Waals surface area (Å²) in [5.41, 5.74) is 0. The molecule has 2 aliphatic rings. The smallest absolute Gasteiger partial charge is 0.159 e. The quantitative estimate of drug-likeness (QED) is 0.797. The van der Waals surface area contributed by atoms with Crippen LogP contribution in [0.5, 0.6) is 0 Å². The molecule has 0 saturated carbocycles. The van der Waals surface area contributed by atoms with Gasteiger partial charge in [0, 0.05) is 30.3 Å². The molecule has 0 bridgehead atoms. The summed E-state index contributed by atoms with van der Waals surface area (Å²) in [6.07, 6.45) is 1.85. The molecule has 0 aromatic carbocycles. The van der Waals surface area contributed by atoms with Gasteiger partial charge in [0.05, 0.1) is 24.8 Å². The van der Waals surface area contributed by atoms with Gasteiger partial charge >= 0.3 is 0 Å². The molecule has 0 amide bonds. The SMILES string of the molecule is c1ccc(SC[C@@H]2CN=C(N3CCOCC3)S2)nc1. The van der Waals surface area contributed by atoms with E-state index in [0.717, 1.165) is 43.6 Å². The Bertz CT molecular complexity index is 435. The third-order valence-corrected chi connectivity index (χ3v) is 5.60. The molecule has 19 heavy (non-hydrogen) atoms. The minimum absolute atomic E-state index is 0.574. The van der Waals surface area contributed by atoms with Gasteiger partial charge in [-0.25, -0.2) is 4.98 Å². The van der Waals surface area contributed by atoms with E-state index in [0.29, 0.717) is 5.25 Å². The average Bonchev–Trinajstić information content (AvgIpc) is 2.96. The molecule has 4 nitrogen and oxygen atoms in total. The maximum atomic E-state index is 5.37. The topological polar surface area (TPSA) is 37.7 Å². The normalized spacial score (nSPS) is 23.5. The third-order valence-electron chi connectivity index (χ3n) is 3.04. The molecule has 1 fully saturated rings. The van der Waals surface area contributed by atoms with E-state index < -0.39 is 0 Å².